The van der Waals surface area contributed by atoms with Crippen LogP contribution in [-0.2, 0) is 14.3 Å². The number of benzene rings is 2. The number of esters is 1. The quantitative estimate of drug-likeness (QED) is 0.728. The van der Waals surface area contributed by atoms with E-state index < -0.39 is 23.9 Å². The molecular formula is C22H25NO5. The van der Waals surface area contributed by atoms with Crippen molar-refractivity contribution in [3.8, 4) is 11.5 Å². The van der Waals surface area contributed by atoms with Crippen LogP contribution >= 0.6 is 0 Å². The lowest BCUT2D eigenvalue weighted by Crippen LogP contribution is -2.33. The molecule has 1 aliphatic rings. The third-order valence-electron chi connectivity index (χ3n) is 4.93. The van der Waals surface area contributed by atoms with Crippen molar-refractivity contribution in [1.29, 1.82) is 0 Å². The number of hydrogen-bond acceptors (Lipinski definition) is 5. The molecule has 2 aromatic rings. The second kappa shape index (κ2) is 8.78. The van der Waals surface area contributed by atoms with E-state index in [2.05, 4.69) is 5.32 Å². The van der Waals surface area contributed by atoms with Gasteiger partial charge in [-0.1, -0.05) is 50.6 Å². The molecule has 2 aromatic carbocycles. The van der Waals surface area contributed by atoms with E-state index >= 15 is 0 Å². The van der Waals surface area contributed by atoms with Gasteiger partial charge in [-0.15, -0.1) is 0 Å². The Morgan fingerprint density at radius 2 is 1.79 bits per heavy atom. The molecule has 28 heavy (non-hydrogen) atoms. The van der Waals surface area contributed by atoms with E-state index in [0.717, 1.165) is 12.0 Å². The summed E-state index contributed by atoms with van der Waals surface area (Å²) in [5, 5.41) is 2.75. The number of ether oxygens (including phenoxy) is 3. The summed E-state index contributed by atoms with van der Waals surface area (Å²) in [6.07, 6.45) is -0.0971. The largest absolute Gasteiger partial charge is 0.454 e. The number of rotatable bonds is 7. The first-order valence-corrected chi connectivity index (χ1v) is 9.45. The third-order valence-corrected chi connectivity index (χ3v) is 4.93. The van der Waals surface area contributed by atoms with Crippen LogP contribution in [0.25, 0.3) is 0 Å². The summed E-state index contributed by atoms with van der Waals surface area (Å²) in [4.78, 5) is 25.3. The van der Waals surface area contributed by atoms with Gasteiger partial charge in [0.25, 0.3) is 5.91 Å². The second-order valence-electron chi connectivity index (χ2n) is 6.91. The lowest BCUT2D eigenvalue weighted by Gasteiger charge is -2.24. The van der Waals surface area contributed by atoms with Crippen molar-refractivity contribution in [3.63, 3.8) is 0 Å². The van der Waals surface area contributed by atoms with Gasteiger partial charge in [0, 0.05) is 11.8 Å². The molecule has 3 atom stereocenters. The first-order chi connectivity index (χ1) is 13.5. The Morgan fingerprint density at radius 1 is 1.07 bits per heavy atom. The highest BCUT2D eigenvalue weighted by Crippen LogP contribution is 2.34. The summed E-state index contributed by atoms with van der Waals surface area (Å²) in [7, 11) is 0. The summed E-state index contributed by atoms with van der Waals surface area (Å²) >= 11 is 0. The fourth-order valence-electron chi connectivity index (χ4n) is 3.11. The van der Waals surface area contributed by atoms with Crippen molar-refractivity contribution in [3.05, 3.63) is 54.1 Å². The maximum absolute atomic E-state index is 12.8. The predicted molar refractivity (Wildman–Crippen MR) is 105 cm³/mol. The highest BCUT2D eigenvalue weighted by atomic mass is 16.7. The van der Waals surface area contributed by atoms with E-state index in [1.807, 2.05) is 44.2 Å². The van der Waals surface area contributed by atoms with Gasteiger partial charge < -0.3 is 19.5 Å². The molecule has 0 radical (unpaired) electrons. The SMILES string of the molecule is CC[C@H](C)[C@@H](C(=O)O[C@@H](C)C(=O)Nc1ccc2c(c1)OCO2)c1ccccc1. The molecule has 0 fully saturated rings. The van der Waals surface area contributed by atoms with Gasteiger partial charge in [0.2, 0.25) is 6.79 Å². The van der Waals surface area contributed by atoms with Crippen LogP contribution < -0.4 is 14.8 Å². The molecule has 0 saturated heterocycles. The van der Waals surface area contributed by atoms with Crippen LogP contribution in [0.3, 0.4) is 0 Å². The van der Waals surface area contributed by atoms with Crippen molar-refractivity contribution >= 4 is 17.6 Å². The van der Waals surface area contributed by atoms with Gasteiger partial charge in [0.1, 0.15) is 0 Å². The number of anilines is 1. The molecule has 0 aliphatic carbocycles. The summed E-state index contributed by atoms with van der Waals surface area (Å²) in [6, 6.07) is 14.6. The molecule has 0 spiro atoms. The molecule has 1 heterocycles. The first-order valence-electron chi connectivity index (χ1n) is 9.45. The van der Waals surface area contributed by atoms with Crippen molar-refractivity contribution in [2.75, 3.05) is 12.1 Å². The highest BCUT2D eigenvalue weighted by molar-refractivity contribution is 5.95. The molecule has 1 N–H and O–H groups in total. The average molecular weight is 383 g/mol. The lowest BCUT2D eigenvalue weighted by molar-refractivity contribution is -0.155. The first kappa shape index (κ1) is 19.7. The van der Waals surface area contributed by atoms with Crippen LogP contribution in [0.2, 0.25) is 0 Å². The monoisotopic (exact) mass is 383 g/mol. The Kier molecular flexibility index (Phi) is 6.19. The van der Waals surface area contributed by atoms with Crippen molar-refractivity contribution < 1.29 is 23.8 Å². The predicted octanol–water partition coefficient (Wildman–Crippen LogP) is 4.12. The summed E-state index contributed by atoms with van der Waals surface area (Å²) in [5.74, 6) is 0.100. The maximum atomic E-state index is 12.8. The Morgan fingerprint density at radius 3 is 2.50 bits per heavy atom. The summed E-state index contributed by atoms with van der Waals surface area (Å²) in [6.45, 7) is 5.77. The number of fused-ring (bicyclic) bond motifs is 1. The third kappa shape index (κ3) is 4.44. The minimum Gasteiger partial charge on any atom is -0.454 e. The Bertz CT molecular complexity index is 836. The summed E-state index contributed by atoms with van der Waals surface area (Å²) < 4.78 is 16.1. The molecule has 3 rings (SSSR count). The summed E-state index contributed by atoms with van der Waals surface area (Å²) in [5.41, 5.74) is 1.45. The molecule has 6 nitrogen and oxygen atoms in total. The Balaban J connectivity index is 1.65. The average Bonchev–Trinajstić information content (AvgIpc) is 3.16. The minimum absolute atomic E-state index is 0.0963. The van der Waals surface area contributed by atoms with E-state index in [1.54, 1.807) is 25.1 Å². The second-order valence-corrected chi connectivity index (χ2v) is 6.91. The van der Waals surface area contributed by atoms with Crippen LogP contribution in [-0.4, -0.2) is 24.8 Å². The molecule has 0 bridgehead atoms. The zero-order valence-electron chi connectivity index (χ0n) is 16.3. The van der Waals surface area contributed by atoms with Crippen LogP contribution in [0.15, 0.2) is 48.5 Å². The van der Waals surface area contributed by atoms with Gasteiger partial charge in [-0.25, -0.2) is 0 Å². The minimum atomic E-state index is -0.923. The van der Waals surface area contributed by atoms with E-state index in [4.69, 9.17) is 14.2 Å². The molecule has 148 valence electrons. The van der Waals surface area contributed by atoms with Gasteiger partial charge in [0.15, 0.2) is 17.6 Å². The Hall–Kier alpha value is -3.02. The number of carbonyl (C=O) groups excluding carboxylic acids is 2. The van der Waals surface area contributed by atoms with E-state index in [1.165, 1.54) is 0 Å². The van der Waals surface area contributed by atoms with Crippen molar-refractivity contribution in [2.45, 2.75) is 39.2 Å². The van der Waals surface area contributed by atoms with E-state index in [0.29, 0.717) is 17.2 Å². The maximum Gasteiger partial charge on any atom is 0.314 e. The lowest BCUT2D eigenvalue weighted by atomic mass is 9.85. The van der Waals surface area contributed by atoms with Gasteiger partial charge >= 0.3 is 5.97 Å². The van der Waals surface area contributed by atoms with Crippen molar-refractivity contribution in [1.82, 2.24) is 0 Å². The molecule has 6 heteroatoms. The van der Waals surface area contributed by atoms with Gasteiger partial charge in [-0.05, 0) is 30.5 Å². The topological polar surface area (TPSA) is 73.9 Å². The molecule has 0 aromatic heterocycles. The molecule has 0 unspecified atom stereocenters. The van der Waals surface area contributed by atoms with E-state index in [-0.39, 0.29) is 12.7 Å². The zero-order valence-corrected chi connectivity index (χ0v) is 16.3. The molecule has 1 aliphatic heterocycles. The van der Waals surface area contributed by atoms with Crippen LogP contribution in [0.1, 0.15) is 38.7 Å². The number of carbonyl (C=O) groups is 2. The number of nitrogens with one attached hydrogen (secondary N) is 1. The number of amides is 1. The molecule has 0 saturated carbocycles. The zero-order chi connectivity index (χ0) is 20.1. The van der Waals surface area contributed by atoms with Gasteiger partial charge in [-0.2, -0.15) is 0 Å². The van der Waals surface area contributed by atoms with Gasteiger partial charge in [0.05, 0.1) is 5.92 Å². The molecular weight excluding hydrogens is 358 g/mol. The van der Waals surface area contributed by atoms with E-state index in [9.17, 15) is 9.59 Å². The smallest absolute Gasteiger partial charge is 0.314 e. The van der Waals surface area contributed by atoms with Crippen LogP contribution in [0, 0.1) is 5.92 Å². The Labute approximate surface area is 164 Å². The number of hydrogen-bond donors (Lipinski definition) is 1. The molecule has 1 amide bonds. The highest BCUT2D eigenvalue weighted by Gasteiger charge is 2.30. The van der Waals surface area contributed by atoms with Crippen molar-refractivity contribution in [2.24, 2.45) is 5.92 Å². The van der Waals surface area contributed by atoms with Crippen LogP contribution in [0.4, 0.5) is 5.69 Å². The normalized spacial score (nSPS) is 15.4. The van der Waals surface area contributed by atoms with Crippen LogP contribution in [0.5, 0.6) is 11.5 Å². The van der Waals surface area contributed by atoms with Gasteiger partial charge in [-0.3, -0.25) is 9.59 Å². The fraction of sp³-hybridized carbons (Fsp3) is 0.364. The fourth-order valence-corrected chi connectivity index (χ4v) is 3.11. The standard InChI is InChI=1S/C22H25NO5/c1-4-14(2)20(16-8-6-5-7-9-16)22(25)28-15(3)21(24)23-17-10-11-18-19(12-17)27-13-26-18/h5-12,14-15,20H,4,13H2,1-3H3,(H,23,24)/t14-,15-,20+/m0/s1.